The van der Waals surface area contributed by atoms with E-state index in [1.54, 1.807) is 6.26 Å². The molecule has 0 aliphatic carbocycles. The number of alkyl halides is 3. The zero-order valence-corrected chi connectivity index (χ0v) is 14.9. The number of hydrogen-bond donors (Lipinski definition) is 3. The molecule has 27 heavy (non-hydrogen) atoms. The molecular formula is C16H15F3N6OS. The second-order valence-corrected chi connectivity index (χ2v) is 6.02. The van der Waals surface area contributed by atoms with Crippen molar-refractivity contribution in [3.8, 4) is 6.07 Å². The number of nitrogens with two attached hydrogens (primary N) is 1. The van der Waals surface area contributed by atoms with Gasteiger partial charge in [-0.1, -0.05) is 6.07 Å². The fourth-order valence-corrected chi connectivity index (χ4v) is 2.66. The van der Waals surface area contributed by atoms with E-state index in [1.807, 2.05) is 6.07 Å². The smallest absolute Gasteiger partial charge is 0.368 e. The van der Waals surface area contributed by atoms with Gasteiger partial charge in [0.2, 0.25) is 11.9 Å². The highest BCUT2D eigenvalue weighted by atomic mass is 32.2. The number of carbonyl (C=O) groups excluding carboxylic acids is 1. The highest BCUT2D eigenvalue weighted by molar-refractivity contribution is 7.98. The van der Waals surface area contributed by atoms with Gasteiger partial charge in [0, 0.05) is 18.7 Å². The number of benzene rings is 1. The minimum absolute atomic E-state index is 0.0192. The van der Waals surface area contributed by atoms with E-state index >= 15 is 0 Å². The SMILES string of the molecule is CSc1nc(N)nc(NCCC(=O)Nc2cccc(C(F)(F)F)c2)c1C#N. The maximum absolute atomic E-state index is 12.7. The Morgan fingerprint density at radius 3 is 2.74 bits per heavy atom. The molecular weight excluding hydrogens is 381 g/mol. The van der Waals surface area contributed by atoms with Gasteiger partial charge in [0.1, 0.15) is 16.7 Å². The molecule has 4 N–H and O–H groups in total. The van der Waals surface area contributed by atoms with Crippen LogP contribution in [-0.4, -0.2) is 28.7 Å². The van der Waals surface area contributed by atoms with E-state index in [0.717, 1.165) is 12.1 Å². The summed E-state index contributed by atoms with van der Waals surface area (Å²) in [7, 11) is 0. The molecule has 2 aromatic rings. The van der Waals surface area contributed by atoms with Crippen LogP contribution in [0.2, 0.25) is 0 Å². The van der Waals surface area contributed by atoms with Crippen LogP contribution in [0, 0.1) is 11.3 Å². The van der Waals surface area contributed by atoms with Crippen molar-refractivity contribution in [2.75, 3.05) is 29.2 Å². The molecule has 1 amide bonds. The summed E-state index contributed by atoms with van der Waals surface area (Å²) in [6.45, 7) is 0.101. The number of anilines is 3. The van der Waals surface area contributed by atoms with Gasteiger partial charge in [-0.3, -0.25) is 4.79 Å². The van der Waals surface area contributed by atoms with Crippen molar-refractivity contribution in [3.63, 3.8) is 0 Å². The molecule has 0 aliphatic rings. The molecule has 7 nitrogen and oxygen atoms in total. The van der Waals surface area contributed by atoms with Gasteiger partial charge in [0.25, 0.3) is 0 Å². The zero-order valence-electron chi connectivity index (χ0n) is 14.1. The number of nitriles is 1. The monoisotopic (exact) mass is 396 g/mol. The molecule has 1 heterocycles. The van der Waals surface area contributed by atoms with Crippen LogP contribution >= 0.6 is 11.8 Å². The Bertz CT molecular complexity index is 881. The first-order chi connectivity index (χ1) is 12.7. The average molecular weight is 396 g/mol. The fourth-order valence-electron chi connectivity index (χ4n) is 2.12. The van der Waals surface area contributed by atoms with Crippen molar-refractivity contribution >= 4 is 35.1 Å². The number of aromatic nitrogens is 2. The number of nitrogens with zero attached hydrogens (tertiary/aromatic N) is 3. The predicted octanol–water partition coefficient (Wildman–Crippen LogP) is 3.11. The van der Waals surface area contributed by atoms with Gasteiger partial charge < -0.3 is 16.4 Å². The van der Waals surface area contributed by atoms with Gasteiger partial charge in [0.15, 0.2) is 5.82 Å². The topological polar surface area (TPSA) is 117 Å². The predicted molar refractivity (Wildman–Crippen MR) is 96.1 cm³/mol. The number of carbonyl (C=O) groups is 1. The third-order valence-electron chi connectivity index (χ3n) is 3.32. The van der Waals surface area contributed by atoms with E-state index in [0.29, 0.717) is 5.03 Å². The Labute approximate surface area is 157 Å². The normalized spacial score (nSPS) is 10.9. The Balaban J connectivity index is 1.98. The lowest BCUT2D eigenvalue weighted by Gasteiger charge is -2.11. The molecule has 11 heteroatoms. The molecule has 1 aromatic carbocycles. The van der Waals surface area contributed by atoms with E-state index in [1.165, 1.54) is 23.9 Å². The third-order valence-corrected chi connectivity index (χ3v) is 4.00. The molecule has 0 saturated carbocycles. The summed E-state index contributed by atoms with van der Waals surface area (Å²) < 4.78 is 38.1. The maximum Gasteiger partial charge on any atom is 0.416 e. The molecule has 0 saturated heterocycles. The van der Waals surface area contributed by atoms with Gasteiger partial charge in [-0.2, -0.15) is 23.4 Å². The summed E-state index contributed by atoms with van der Waals surface area (Å²) >= 11 is 1.23. The van der Waals surface area contributed by atoms with Crippen molar-refractivity contribution in [2.45, 2.75) is 17.6 Å². The summed E-state index contributed by atoms with van der Waals surface area (Å²) in [5, 5.41) is 14.8. The number of amides is 1. The Hall–Kier alpha value is -3.00. The molecule has 0 radical (unpaired) electrons. The fraction of sp³-hybridized carbons (Fsp3) is 0.250. The number of nitrogen functional groups attached to an aromatic ring is 1. The number of halogens is 3. The standard InChI is InChI=1S/C16H15F3N6OS/c1-27-14-11(8-20)13(24-15(21)25-14)22-6-5-12(26)23-10-4-2-3-9(7-10)16(17,18)19/h2-4,7H,5-6H2,1H3,(H,23,26)(H3,21,22,24,25). The minimum atomic E-state index is -4.49. The Morgan fingerprint density at radius 2 is 2.11 bits per heavy atom. The lowest BCUT2D eigenvalue weighted by Crippen LogP contribution is -2.18. The summed E-state index contributed by atoms with van der Waals surface area (Å²) in [5.41, 5.74) is 4.99. The van der Waals surface area contributed by atoms with Crippen molar-refractivity contribution < 1.29 is 18.0 Å². The summed E-state index contributed by atoms with van der Waals surface area (Å²) in [4.78, 5) is 19.8. The Kier molecular flexibility index (Phi) is 6.46. The second-order valence-electron chi connectivity index (χ2n) is 5.23. The largest absolute Gasteiger partial charge is 0.416 e. The second kappa shape index (κ2) is 8.59. The van der Waals surface area contributed by atoms with Crippen LogP contribution in [0.25, 0.3) is 0 Å². The van der Waals surface area contributed by atoms with E-state index in [2.05, 4.69) is 20.6 Å². The van der Waals surface area contributed by atoms with Gasteiger partial charge >= 0.3 is 6.18 Å². The number of nitrogens with one attached hydrogen (secondary N) is 2. The number of thioether (sulfide) groups is 1. The van der Waals surface area contributed by atoms with Crippen LogP contribution in [0.3, 0.4) is 0 Å². The number of hydrogen-bond acceptors (Lipinski definition) is 7. The van der Waals surface area contributed by atoms with Crippen molar-refractivity contribution in [3.05, 3.63) is 35.4 Å². The first-order valence-electron chi connectivity index (χ1n) is 7.57. The van der Waals surface area contributed by atoms with Crippen LogP contribution in [0.4, 0.5) is 30.6 Å². The van der Waals surface area contributed by atoms with Crippen LogP contribution in [0.5, 0.6) is 0 Å². The van der Waals surface area contributed by atoms with Crippen LogP contribution < -0.4 is 16.4 Å². The highest BCUT2D eigenvalue weighted by Crippen LogP contribution is 2.30. The van der Waals surface area contributed by atoms with Crippen molar-refractivity contribution in [1.82, 2.24) is 9.97 Å². The molecule has 0 aliphatic heterocycles. The Morgan fingerprint density at radius 1 is 1.37 bits per heavy atom. The van der Waals surface area contributed by atoms with E-state index < -0.39 is 17.6 Å². The first kappa shape index (κ1) is 20.3. The number of rotatable bonds is 6. The summed E-state index contributed by atoms with van der Waals surface area (Å²) in [6, 6.07) is 6.32. The van der Waals surface area contributed by atoms with E-state index in [4.69, 9.17) is 5.73 Å². The van der Waals surface area contributed by atoms with Crippen LogP contribution in [0.15, 0.2) is 29.3 Å². The molecule has 2 rings (SSSR count). The molecule has 0 fully saturated rings. The van der Waals surface area contributed by atoms with Gasteiger partial charge in [-0.25, -0.2) is 4.98 Å². The van der Waals surface area contributed by atoms with E-state index in [-0.39, 0.29) is 36.0 Å². The zero-order chi connectivity index (χ0) is 20.0. The van der Waals surface area contributed by atoms with E-state index in [9.17, 15) is 23.2 Å². The van der Waals surface area contributed by atoms with Crippen molar-refractivity contribution in [1.29, 1.82) is 5.26 Å². The average Bonchev–Trinajstić information content (AvgIpc) is 2.60. The van der Waals surface area contributed by atoms with Gasteiger partial charge in [-0.05, 0) is 24.5 Å². The minimum Gasteiger partial charge on any atom is -0.368 e. The van der Waals surface area contributed by atoms with Gasteiger partial charge in [0.05, 0.1) is 5.56 Å². The van der Waals surface area contributed by atoms with Gasteiger partial charge in [-0.15, -0.1) is 11.8 Å². The lowest BCUT2D eigenvalue weighted by molar-refractivity contribution is -0.137. The van der Waals surface area contributed by atoms with Crippen LogP contribution in [0.1, 0.15) is 17.5 Å². The van der Waals surface area contributed by atoms with Crippen LogP contribution in [-0.2, 0) is 11.0 Å². The molecule has 0 atom stereocenters. The quantitative estimate of drug-likeness (QED) is 0.507. The molecule has 142 valence electrons. The molecule has 0 bridgehead atoms. The van der Waals surface area contributed by atoms with Crippen molar-refractivity contribution in [2.24, 2.45) is 0 Å². The summed E-state index contributed by atoms with van der Waals surface area (Å²) in [5.74, 6) is -0.317. The third kappa shape index (κ3) is 5.49. The molecule has 0 spiro atoms. The molecule has 1 aromatic heterocycles. The first-order valence-corrected chi connectivity index (χ1v) is 8.79. The molecule has 0 unspecified atom stereocenters. The highest BCUT2D eigenvalue weighted by Gasteiger charge is 2.30. The summed E-state index contributed by atoms with van der Waals surface area (Å²) in [6.07, 6.45) is -2.81. The maximum atomic E-state index is 12.7. The lowest BCUT2D eigenvalue weighted by atomic mass is 10.2.